The van der Waals surface area contributed by atoms with Gasteiger partial charge in [0, 0.05) is 16.8 Å². The van der Waals surface area contributed by atoms with E-state index in [1.807, 2.05) is 6.92 Å². The zero-order valence-corrected chi connectivity index (χ0v) is 16.7. The van der Waals surface area contributed by atoms with Gasteiger partial charge in [-0.25, -0.2) is 9.97 Å². The van der Waals surface area contributed by atoms with E-state index in [-0.39, 0.29) is 11.2 Å². The number of thioether (sulfide) groups is 1. The van der Waals surface area contributed by atoms with Gasteiger partial charge in [-0.05, 0) is 58.4 Å². The average molecular weight is 376 g/mol. The van der Waals surface area contributed by atoms with Crippen LogP contribution in [0.25, 0.3) is 10.2 Å². The number of aryl methyl sites for hydroxylation is 2. The van der Waals surface area contributed by atoms with Crippen LogP contribution in [0.5, 0.6) is 0 Å². The first-order chi connectivity index (χ1) is 12.1. The second-order valence-electron chi connectivity index (χ2n) is 6.55. The van der Waals surface area contributed by atoms with Crippen LogP contribution in [-0.2, 0) is 4.79 Å². The number of amides is 1. The number of allylic oxidation sites excluding steroid dienone is 1. The lowest BCUT2D eigenvalue weighted by Crippen LogP contribution is -2.32. The van der Waals surface area contributed by atoms with Crippen molar-refractivity contribution in [3.8, 4) is 0 Å². The topological polar surface area (TPSA) is 54.9 Å². The molecule has 0 saturated heterocycles. The van der Waals surface area contributed by atoms with Gasteiger partial charge in [0.2, 0.25) is 5.91 Å². The van der Waals surface area contributed by atoms with E-state index in [2.05, 4.69) is 35.2 Å². The highest BCUT2D eigenvalue weighted by Gasteiger charge is 2.19. The van der Waals surface area contributed by atoms with Gasteiger partial charge in [-0.1, -0.05) is 23.4 Å². The first-order valence-electron chi connectivity index (χ1n) is 8.89. The standard InChI is InChI=1S/C19H25N3OS2/c1-12-13(2)24-18-16(12)19(22-11-21-18)25-14(3)17(23)20-10-9-15-7-5-4-6-8-15/h7,11,14H,4-6,8-10H2,1-3H3,(H,20,23)/t14-/m0/s1. The summed E-state index contributed by atoms with van der Waals surface area (Å²) in [5.41, 5.74) is 2.72. The highest BCUT2D eigenvalue weighted by Crippen LogP contribution is 2.35. The fourth-order valence-corrected chi connectivity index (χ4v) is 5.14. The van der Waals surface area contributed by atoms with E-state index in [4.69, 9.17) is 0 Å². The molecule has 2 aromatic rings. The molecule has 1 aliphatic rings. The third kappa shape index (κ3) is 4.42. The molecule has 134 valence electrons. The molecule has 1 N–H and O–H groups in total. The summed E-state index contributed by atoms with van der Waals surface area (Å²) in [5.74, 6) is 0.0813. The summed E-state index contributed by atoms with van der Waals surface area (Å²) in [5, 5.41) is 4.91. The molecule has 1 amide bonds. The van der Waals surface area contributed by atoms with Crippen LogP contribution in [0.4, 0.5) is 0 Å². The van der Waals surface area contributed by atoms with E-state index in [0.29, 0.717) is 0 Å². The number of nitrogens with one attached hydrogen (secondary N) is 1. The van der Waals surface area contributed by atoms with Crippen LogP contribution >= 0.6 is 23.1 Å². The number of carbonyl (C=O) groups excluding carboxylic acids is 1. The molecule has 0 spiro atoms. The first-order valence-corrected chi connectivity index (χ1v) is 10.6. The Morgan fingerprint density at radius 3 is 2.96 bits per heavy atom. The Hall–Kier alpha value is -1.40. The van der Waals surface area contributed by atoms with Crippen molar-refractivity contribution < 1.29 is 4.79 Å². The van der Waals surface area contributed by atoms with Gasteiger partial charge in [0.05, 0.1) is 5.25 Å². The van der Waals surface area contributed by atoms with Crippen molar-refractivity contribution in [3.05, 3.63) is 28.4 Å². The van der Waals surface area contributed by atoms with Gasteiger partial charge < -0.3 is 5.32 Å². The zero-order chi connectivity index (χ0) is 17.8. The van der Waals surface area contributed by atoms with Crippen molar-refractivity contribution in [1.29, 1.82) is 0 Å². The van der Waals surface area contributed by atoms with Crippen LogP contribution < -0.4 is 5.32 Å². The largest absolute Gasteiger partial charge is 0.355 e. The van der Waals surface area contributed by atoms with Crippen LogP contribution in [0.15, 0.2) is 23.0 Å². The SMILES string of the molecule is Cc1sc2ncnc(S[C@@H](C)C(=O)NCCC3=CCCCC3)c2c1C. The Morgan fingerprint density at radius 1 is 1.36 bits per heavy atom. The van der Waals surface area contributed by atoms with E-state index < -0.39 is 0 Å². The Morgan fingerprint density at radius 2 is 2.20 bits per heavy atom. The minimum atomic E-state index is -0.168. The van der Waals surface area contributed by atoms with Gasteiger partial charge in [-0.3, -0.25) is 4.79 Å². The Balaban J connectivity index is 1.59. The molecule has 1 atom stereocenters. The molecule has 4 nitrogen and oxygen atoms in total. The van der Waals surface area contributed by atoms with E-state index in [9.17, 15) is 4.79 Å². The minimum absolute atomic E-state index is 0.0813. The summed E-state index contributed by atoms with van der Waals surface area (Å²) in [6, 6.07) is 0. The van der Waals surface area contributed by atoms with Gasteiger partial charge in [-0.15, -0.1) is 11.3 Å². The lowest BCUT2D eigenvalue weighted by molar-refractivity contribution is -0.120. The van der Waals surface area contributed by atoms with Crippen LogP contribution in [0.1, 0.15) is 49.5 Å². The van der Waals surface area contributed by atoms with Crippen LogP contribution in [0, 0.1) is 13.8 Å². The number of hydrogen-bond acceptors (Lipinski definition) is 5. The molecular weight excluding hydrogens is 350 g/mol. The highest BCUT2D eigenvalue weighted by molar-refractivity contribution is 8.00. The summed E-state index contributed by atoms with van der Waals surface area (Å²) in [6.45, 7) is 6.88. The van der Waals surface area contributed by atoms with Gasteiger partial charge in [0.1, 0.15) is 16.2 Å². The molecule has 0 aliphatic heterocycles. The van der Waals surface area contributed by atoms with E-state index in [0.717, 1.165) is 28.2 Å². The Kier molecular flexibility index (Phi) is 6.12. The molecule has 2 heterocycles. The highest BCUT2D eigenvalue weighted by atomic mass is 32.2. The lowest BCUT2D eigenvalue weighted by atomic mass is 9.97. The van der Waals surface area contributed by atoms with Crippen LogP contribution in [0.3, 0.4) is 0 Å². The number of fused-ring (bicyclic) bond motifs is 1. The predicted octanol–water partition coefficient (Wildman–Crippen LogP) is 4.80. The summed E-state index contributed by atoms with van der Waals surface area (Å²) in [4.78, 5) is 23.5. The zero-order valence-electron chi connectivity index (χ0n) is 15.1. The maximum atomic E-state index is 12.4. The molecule has 0 fully saturated rings. The Bertz CT molecular complexity index is 797. The molecule has 0 unspecified atom stereocenters. The maximum Gasteiger partial charge on any atom is 0.233 e. The lowest BCUT2D eigenvalue weighted by Gasteiger charge is -2.15. The molecule has 0 saturated carbocycles. The Labute approximate surface area is 157 Å². The molecule has 0 bridgehead atoms. The predicted molar refractivity (Wildman–Crippen MR) is 106 cm³/mol. The normalized spacial score (nSPS) is 15.9. The van der Waals surface area contributed by atoms with Crippen LogP contribution in [0.2, 0.25) is 0 Å². The van der Waals surface area contributed by atoms with Crippen LogP contribution in [-0.4, -0.2) is 27.7 Å². The summed E-state index contributed by atoms with van der Waals surface area (Å²) in [6.07, 6.45) is 9.89. The van der Waals surface area contributed by atoms with Gasteiger partial charge >= 0.3 is 0 Å². The molecule has 1 aliphatic carbocycles. The second-order valence-corrected chi connectivity index (χ2v) is 9.08. The molecule has 25 heavy (non-hydrogen) atoms. The molecule has 3 rings (SSSR count). The average Bonchev–Trinajstić information content (AvgIpc) is 2.91. The number of hydrogen-bond donors (Lipinski definition) is 1. The number of thiophene rings is 1. The fourth-order valence-electron chi connectivity index (χ4n) is 3.08. The molecule has 6 heteroatoms. The van der Waals surface area contributed by atoms with Crippen molar-refractivity contribution in [2.45, 2.75) is 63.2 Å². The van der Waals surface area contributed by atoms with Crippen molar-refractivity contribution in [3.63, 3.8) is 0 Å². The van der Waals surface area contributed by atoms with E-state index in [1.165, 1.54) is 53.5 Å². The van der Waals surface area contributed by atoms with Gasteiger partial charge in [-0.2, -0.15) is 0 Å². The third-order valence-electron chi connectivity index (χ3n) is 4.72. The number of rotatable bonds is 6. The van der Waals surface area contributed by atoms with Crippen molar-refractivity contribution >= 4 is 39.2 Å². The molecule has 2 aromatic heterocycles. The number of carbonyl (C=O) groups is 1. The fraction of sp³-hybridized carbons (Fsp3) is 0.526. The monoisotopic (exact) mass is 375 g/mol. The van der Waals surface area contributed by atoms with Crippen molar-refractivity contribution in [2.24, 2.45) is 0 Å². The van der Waals surface area contributed by atoms with Crippen molar-refractivity contribution in [2.75, 3.05) is 6.54 Å². The smallest absolute Gasteiger partial charge is 0.233 e. The summed E-state index contributed by atoms with van der Waals surface area (Å²) in [7, 11) is 0. The summed E-state index contributed by atoms with van der Waals surface area (Å²) >= 11 is 3.21. The van der Waals surface area contributed by atoms with E-state index in [1.54, 1.807) is 17.7 Å². The quantitative estimate of drug-likeness (QED) is 0.448. The molecular formula is C19H25N3OS2. The molecule has 0 radical (unpaired) electrons. The second kappa shape index (κ2) is 8.32. The molecule has 0 aromatic carbocycles. The van der Waals surface area contributed by atoms with Gasteiger partial charge in [0.25, 0.3) is 0 Å². The third-order valence-corrected chi connectivity index (χ3v) is 6.93. The maximum absolute atomic E-state index is 12.4. The van der Waals surface area contributed by atoms with Gasteiger partial charge in [0.15, 0.2) is 0 Å². The number of aromatic nitrogens is 2. The first kappa shape index (κ1) is 18.4. The van der Waals surface area contributed by atoms with Crippen molar-refractivity contribution in [1.82, 2.24) is 15.3 Å². The number of nitrogens with zero attached hydrogens (tertiary/aromatic N) is 2. The minimum Gasteiger partial charge on any atom is -0.355 e. The van der Waals surface area contributed by atoms with E-state index >= 15 is 0 Å². The summed E-state index contributed by atoms with van der Waals surface area (Å²) < 4.78 is 0.